The second-order valence-corrected chi connectivity index (χ2v) is 8.15. The molecule has 1 aromatic rings. The summed E-state index contributed by atoms with van der Waals surface area (Å²) in [4.78, 5) is 71.7. The lowest BCUT2D eigenvalue weighted by Gasteiger charge is -2.24. The maximum Gasteiger partial charge on any atom is 0.326 e. The molecule has 0 fully saturated rings. The number of phenolic OH excluding ortho intramolecular Hbond substituents is 1. The lowest BCUT2D eigenvalue weighted by atomic mass is 10.0. The summed E-state index contributed by atoms with van der Waals surface area (Å²) in [5.41, 5.74) is 11.3. The maximum absolute atomic E-state index is 13.0. The standard InChI is InChI=1S/C21H29N5O9S/c22-12(9-36)18(31)25-14(7-10-1-3-11(27)4-2-10)19(32)26-15(8-16(23)28)20(33)24-13(21(34)35)5-6-17(29)30/h1-4,12-15,27,36H,5-9,22H2,(H2,23,28)(H,24,33)(H,25,31)(H,26,32)(H,29,30)(H,34,35). The van der Waals surface area contributed by atoms with E-state index in [1.165, 1.54) is 24.3 Å². The van der Waals surface area contributed by atoms with Crippen LogP contribution in [0.2, 0.25) is 0 Å². The Bertz CT molecular complexity index is 973. The molecule has 0 aliphatic heterocycles. The molecule has 0 aliphatic carbocycles. The second kappa shape index (κ2) is 14.5. The number of aliphatic carboxylic acids is 2. The maximum atomic E-state index is 13.0. The summed E-state index contributed by atoms with van der Waals surface area (Å²) in [5, 5.41) is 34.2. The zero-order chi connectivity index (χ0) is 27.4. The molecule has 4 atom stereocenters. The van der Waals surface area contributed by atoms with Crippen LogP contribution in [0.4, 0.5) is 0 Å². The number of thiol groups is 1. The molecule has 4 unspecified atom stereocenters. The highest BCUT2D eigenvalue weighted by Crippen LogP contribution is 2.12. The molecule has 4 amide bonds. The van der Waals surface area contributed by atoms with Crippen molar-refractivity contribution in [2.45, 2.75) is 49.9 Å². The summed E-state index contributed by atoms with van der Waals surface area (Å²) < 4.78 is 0. The number of rotatable bonds is 15. The van der Waals surface area contributed by atoms with Crippen LogP contribution in [0.25, 0.3) is 0 Å². The number of carboxylic acid groups (broad SMARTS) is 2. The molecule has 198 valence electrons. The van der Waals surface area contributed by atoms with Crippen molar-refractivity contribution in [2.75, 3.05) is 5.75 Å². The van der Waals surface area contributed by atoms with E-state index < -0.39 is 79.0 Å². The van der Waals surface area contributed by atoms with Crippen molar-refractivity contribution >= 4 is 48.2 Å². The largest absolute Gasteiger partial charge is 0.508 e. The molecule has 0 aliphatic rings. The first-order valence-electron chi connectivity index (χ1n) is 10.6. The summed E-state index contributed by atoms with van der Waals surface area (Å²) in [5.74, 6) is -6.60. The number of nitrogens with one attached hydrogen (secondary N) is 3. The summed E-state index contributed by atoms with van der Waals surface area (Å²) in [7, 11) is 0. The Hall–Kier alpha value is -3.85. The predicted molar refractivity (Wildman–Crippen MR) is 128 cm³/mol. The van der Waals surface area contributed by atoms with Gasteiger partial charge < -0.3 is 42.7 Å². The van der Waals surface area contributed by atoms with Crippen molar-refractivity contribution in [1.82, 2.24) is 16.0 Å². The smallest absolute Gasteiger partial charge is 0.326 e. The van der Waals surface area contributed by atoms with Crippen LogP contribution in [-0.4, -0.2) is 80.8 Å². The van der Waals surface area contributed by atoms with Crippen molar-refractivity contribution in [2.24, 2.45) is 11.5 Å². The number of phenols is 1. The highest BCUT2D eigenvalue weighted by Gasteiger charge is 2.31. The highest BCUT2D eigenvalue weighted by atomic mass is 32.1. The molecule has 0 bridgehead atoms. The first kappa shape index (κ1) is 30.2. The molecule has 0 aromatic heterocycles. The van der Waals surface area contributed by atoms with Crippen LogP contribution in [0, 0.1) is 0 Å². The van der Waals surface area contributed by atoms with E-state index in [9.17, 15) is 39.0 Å². The van der Waals surface area contributed by atoms with E-state index in [1.807, 2.05) is 0 Å². The molecule has 0 saturated carbocycles. The van der Waals surface area contributed by atoms with Gasteiger partial charge in [-0.1, -0.05) is 12.1 Å². The summed E-state index contributed by atoms with van der Waals surface area (Å²) >= 11 is 3.93. The number of hydrogen-bond donors (Lipinski definition) is 9. The number of amides is 4. The van der Waals surface area contributed by atoms with Gasteiger partial charge in [-0.15, -0.1) is 0 Å². The molecule has 1 rings (SSSR count). The molecule has 0 radical (unpaired) electrons. The van der Waals surface area contributed by atoms with Crippen LogP contribution in [0.5, 0.6) is 5.75 Å². The van der Waals surface area contributed by atoms with Crippen LogP contribution in [0.15, 0.2) is 24.3 Å². The molecule has 15 heteroatoms. The van der Waals surface area contributed by atoms with E-state index in [-0.39, 0.29) is 17.9 Å². The van der Waals surface area contributed by atoms with Crippen molar-refractivity contribution in [1.29, 1.82) is 0 Å². The van der Waals surface area contributed by atoms with Gasteiger partial charge in [0.05, 0.1) is 12.5 Å². The van der Waals surface area contributed by atoms with Crippen molar-refractivity contribution < 1.29 is 44.1 Å². The lowest BCUT2D eigenvalue weighted by Crippen LogP contribution is -2.58. The minimum absolute atomic E-state index is 0.0288. The fraction of sp³-hybridized carbons (Fsp3) is 0.429. The number of carbonyl (C=O) groups is 6. The van der Waals surface area contributed by atoms with E-state index in [0.29, 0.717) is 5.56 Å². The molecule has 10 N–H and O–H groups in total. The van der Waals surface area contributed by atoms with Gasteiger partial charge in [0, 0.05) is 18.6 Å². The van der Waals surface area contributed by atoms with Gasteiger partial charge in [0.15, 0.2) is 0 Å². The van der Waals surface area contributed by atoms with E-state index >= 15 is 0 Å². The third-order valence-corrected chi connectivity index (χ3v) is 5.24. The Morgan fingerprint density at radius 2 is 1.39 bits per heavy atom. The first-order valence-corrected chi connectivity index (χ1v) is 11.3. The lowest BCUT2D eigenvalue weighted by molar-refractivity contribution is -0.143. The molecule has 36 heavy (non-hydrogen) atoms. The topological polar surface area (TPSA) is 251 Å². The minimum atomic E-state index is -1.63. The number of benzene rings is 1. The van der Waals surface area contributed by atoms with E-state index in [2.05, 4.69) is 28.6 Å². The van der Waals surface area contributed by atoms with Gasteiger partial charge in [0.2, 0.25) is 23.6 Å². The molecule has 1 aromatic carbocycles. The fourth-order valence-electron chi connectivity index (χ4n) is 2.92. The monoisotopic (exact) mass is 527 g/mol. The van der Waals surface area contributed by atoms with Crippen molar-refractivity contribution in [3.63, 3.8) is 0 Å². The van der Waals surface area contributed by atoms with Gasteiger partial charge in [-0.3, -0.25) is 24.0 Å². The third kappa shape index (κ3) is 10.6. The second-order valence-electron chi connectivity index (χ2n) is 7.78. The normalized spacial score (nSPS) is 13.9. The average Bonchev–Trinajstić information content (AvgIpc) is 2.80. The number of hydrogen-bond acceptors (Lipinski definition) is 9. The molecule has 14 nitrogen and oxygen atoms in total. The number of carbonyl (C=O) groups excluding carboxylic acids is 4. The van der Waals surface area contributed by atoms with Gasteiger partial charge in [0.25, 0.3) is 0 Å². The summed E-state index contributed by atoms with van der Waals surface area (Å²) in [6, 6.07) is 0.121. The molecule has 0 heterocycles. The number of nitrogens with two attached hydrogens (primary N) is 2. The SMILES string of the molecule is NC(=O)CC(NC(=O)C(Cc1ccc(O)cc1)NC(=O)C(N)CS)C(=O)NC(CCC(=O)O)C(=O)O. The van der Waals surface area contributed by atoms with Crippen molar-refractivity contribution in [3.8, 4) is 5.75 Å². The zero-order valence-electron chi connectivity index (χ0n) is 19.0. The van der Waals surface area contributed by atoms with Gasteiger partial charge in [0.1, 0.15) is 23.9 Å². The quantitative estimate of drug-likeness (QED) is 0.108. The Balaban J connectivity index is 3.11. The summed E-state index contributed by atoms with van der Waals surface area (Å²) in [6.45, 7) is 0. The van der Waals surface area contributed by atoms with E-state index in [1.54, 1.807) is 0 Å². The molecular formula is C21H29N5O9S. The van der Waals surface area contributed by atoms with Gasteiger partial charge in [-0.25, -0.2) is 4.79 Å². The van der Waals surface area contributed by atoms with Crippen LogP contribution in [0.3, 0.4) is 0 Å². The predicted octanol–water partition coefficient (Wildman–Crippen LogP) is -2.53. The first-order chi connectivity index (χ1) is 16.8. The fourth-order valence-corrected chi connectivity index (χ4v) is 3.08. The van der Waals surface area contributed by atoms with Crippen LogP contribution >= 0.6 is 12.6 Å². The molecule has 0 saturated heterocycles. The Kier molecular flexibility index (Phi) is 12.2. The van der Waals surface area contributed by atoms with Crippen LogP contribution in [0.1, 0.15) is 24.8 Å². The number of primary amides is 1. The van der Waals surface area contributed by atoms with Gasteiger partial charge in [-0.05, 0) is 24.1 Å². The minimum Gasteiger partial charge on any atom is -0.508 e. The van der Waals surface area contributed by atoms with E-state index in [0.717, 1.165) is 0 Å². The third-order valence-electron chi connectivity index (χ3n) is 4.84. The Labute approximate surface area is 211 Å². The van der Waals surface area contributed by atoms with Gasteiger partial charge >= 0.3 is 11.9 Å². The number of aromatic hydroxyl groups is 1. The van der Waals surface area contributed by atoms with Crippen molar-refractivity contribution in [3.05, 3.63) is 29.8 Å². The molecular weight excluding hydrogens is 498 g/mol. The Morgan fingerprint density at radius 3 is 1.89 bits per heavy atom. The van der Waals surface area contributed by atoms with Crippen LogP contribution in [-0.2, 0) is 35.2 Å². The van der Waals surface area contributed by atoms with Crippen LogP contribution < -0.4 is 27.4 Å². The zero-order valence-corrected chi connectivity index (χ0v) is 19.9. The van der Waals surface area contributed by atoms with E-state index in [4.69, 9.17) is 16.6 Å². The molecule has 0 spiro atoms. The highest BCUT2D eigenvalue weighted by molar-refractivity contribution is 7.80. The summed E-state index contributed by atoms with van der Waals surface area (Å²) in [6.07, 6.45) is -1.82. The average molecular weight is 528 g/mol. The Morgan fingerprint density at radius 1 is 0.861 bits per heavy atom. The van der Waals surface area contributed by atoms with Gasteiger partial charge in [-0.2, -0.15) is 12.6 Å². The number of carboxylic acids is 2.